The Labute approximate surface area is 101 Å². The van der Waals surface area contributed by atoms with Crippen LogP contribution in [0.15, 0.2) is 30.3 Å². The Hall–Kier alpha value is -1.10. The molecule has 1 rings (SSSR count). The zero-order valence-corrected chi connectivity index (χ0v) is 9.74. The highest BCUT2D eigenvalue weighted by atomic mass is 35.5. The van der Waals surface area contributed by atoms with E-state index in [1.54, 1.807) is 0 Å². The second-order valence-corrected chi connectivity index (χ2v) is 3.32. The van der Waals surface area contributed by atoms with E-state index in [1.807, 2.05) is 30.3 Å². The minimum atomic E-state index is -0.626. The van der Waals surface area contributed by atoms with Gasteiger partial charge in [0.15, 0.2) is 0 Å². The number of benzene rings is 1. The lowest BCUT2D eigenvalue weighted by Crippen LogP contribution is -2.40. The molecule has 1 amide bonds. The molecule has 0 unspecified atom stereocenters. The summed E-state index contributed by atoms with van der Waals surface area (Å²) in [5.74, 6) is -0.229. The third-order valence-corrected chi connectivity index (χ3v) is 2.09. The first kappa shape index (κ1) is 14.9. The van der Waals surface area contributed by atoms with E-state index in [4.69, 9.17) is 10.8 Å². The number of carbonyl (C=O) groups excluding carboxylic acids is 1. The minimum Gasteiger partial charge on any atom is -0.396 e. The van der Waals surface area contributed by atoms with Gasteiger partial charge >= 0.3 is 0 Å². The first-order chi connectivity index (χ1) is 7.24. The van der Waals surface area contributed by atoms with Gasteiger partial charge in [-0.2, -0.15) is 0 Å². The molecule has 5 heteroatoms. The summed E-state index contributed by atoms with van der Waals surface area (Å²) in [6, 6.07) is 8.97. The Kier molecular flexibility index (Phi) is 7.54. The first-order valence-electron chi connectivity index (χ1n) is 4.92. The monoisotopic (exact) mass is 244 g/mol. The molecule has 0 aromatic heterocycles. The fraction of sp³-hybridized carbons (Fsp3) is 0.364. The van der Waals surface area contributed by atoms with Gasteiger partial charge in [-0.05, 0) is 12.0 Å². The predicted molar refractivity (Wildman–Crippen MR) is 65.2 cm³/mol. The number of hydrogen-bond acceptors (Lipinski definition) is 3. The van der Waals surface area contributed by atoms with Crippen LogP contribution in [0.3, 0.4) is 0 Å². The van der Waals surface area contributed by atoms with E-state index in [0.29, 0.717) is 13.0 Å². The molecule has 0 spiro atoms. The van der Waals surface area contributed by atoms with Gasteiger partial charge < -0.3 is 16.2 Å². The molecule has 0 aliphatic carbocycles. The maximum atomic E-state index is 11.4. The molecule has 4 nitrogen and oxygen atoms in total. The number of nitrogens with two attached hydrogens (primary N) is 1. The van der Waals surface area contributed by atoms with E-state index in [-0.39, 0.29) is 24.9 Å². The zero-order chi connectivity index (χ0) is 11.1. The quantitative estimate of drug-likeness (QED) is 0.703. The molecule has 0 aliphatic rings. The molecule has 16 heavy (non-hydrogen) atoms. The molecular formula is C11H17ClN2O2. The van der Waals surface area contributed by atoms with Gasteiger partial charge in [-0.25, -0.2) is 0 Å². The number of amides is 1. The fourth-order valence-electron chi connectivity index (χ4n) is 1.19. The Morgan fingerprint density at radius 2 is 2.00 bits per heavy atom. The molecule has 0 radical (unpaired) electrons. The van der Waals surface area contributed by atoms with E-state index >= 15 is 0 Å². The van der Waals surface area contributed by atoms with E-state index in [0.717, 1.165) is 5.56 Å². The van der Waals surface area contributed by atoms with Crippen molar-refractivity contribution < 1.29 is 9.90 Å². The molecule has 0 saturated carbocycles. The molecule has 0 saturated heterocycles. The average Bonchev–Trinajstić information content (AvgIpc) is 2.27. The molecule has 0 heterocycles. The smallest absolute Gasteiger partial charge is 0.237 e. The summed E-state index contributed by atoms with van der Waals surface area (Å²) in [6.45, 7) is 0.402. The van der Waals surface area contributed by atoms with Crippen molar-refractivity contribution in [3.8, 4) is 0 Å². The van der Waals surface area contributed by atoms with Crippen LogP contribution in [0.25, 0.3) is 0 Å². The second-order valence-electron chi connectivity index (χ2n) is 3.32. The Morgan fingerprint density at radius 1 is 1.38 bits per heavy atom. The van der Waals surface area contributed by atoms with Gasteiger partial charge in [0.25, 0.3) is 0 Å². The third kappa shape index (κ3) is 5.11. The topological polar surface area (TPSA) is 75.3 Å². The highest BCUT2D eigenvalue weighted by Crippen LogP contribution is 1.97. The number of halogens is 1. The zero-order valence-electron chi connectivity index (χ0n) is 8.93. The molecular weight excluding hydrogens is 228 g/mol. The summed E-state index contributed by atoms with van der Waals surface area (Å²) in [5.41, 5.74) is 6.55. The van der Waals surface area contributed by atoms with Gasteiger partial charge in [0.1, 0.15) is 0 Å². The largest absolute Gasteiger partial charge is 0.396 e. The predicted octanol–water partition coefficient (Wildman–Crippen LogP) is 0.434. The average molecular weight is 245 g/mol. The number of nitrogens with one attached hydrogen (secondary N) is 1. The van der Waals surface area contributed by atoms with E-state index in [2.05, 4.69) is 5.32 Å². The summed E-state index contributed by atoms with van der Waals surface area (Å²) in [4.78, 5) is 11.4. The summed E-state index contributed by atoms with van der Waals surface area (Å²) < 4.78 is 0. The Balaban J connectivity index is 0.00000225. The molecule has 0 aliphatic heterocycles. The van der Waals surface area contributed by atoms with Crippen LogP contribution < -0.4 is 11.1 Å². The lowest BCUT2D eigenvalue weighted by molar-refractivity contribution is -0.122. The first-order valence-corrected chi connectivity index (χ1v) is 4.92. The van der Waals surface area contributed by atoms with Gasteiger partial charge in [-0.15, -0.1) is 12.4 Å². The number of hydrogen-bond donors (Lipinski definition) is 3. The number of carbonyl (C=O) groups is 1. The van der Waals surface area contributed by atoms with Crippen molar-refractivity contribution in [1.29, 1.82) is 0 Å². The van der Waals surface area contributed by atoms with Crippen LogP contribution in [-0.2, 0) is 11.3 Å². The molecule has 1 atom stereocenters. The lowest BCUT2D eigenvalue weighted by atomic mass is 10.2. The van der Waals surface area contributed by atoms with Crippen molar-refractivity contribution in [2.75, 3.05) is 6.61 Å². The van der Waals surface area contributed by atoms with Crippen LogP contribution in [0, 0.1) is 0 Å². The SMILES string of the molecule is Cl.N[C@@H](CCO)C(=O)NCc1ccccc1. The van der Waals surface area contributed by atoms with Gasteiger partial charge in [0.2, 0.25) is 5.91 Å². The van der Waals surface area contributed by atoms with Crippen LogP contribution in [0.4, 0.5) is 0 Å². The summed E-state index contributed by atoms with van der Waals surface area (Å²) in [5, 5.41) is 11.3. The van der Waals surface area contributed by atoms with Crippen molar-refractivity contribution in [2.24, 2.45) is 5.73 Å². The summed E-state index contributed by atoms with van der Waals surface area (Å²) in [6.07, 6.45) is 0.292. The summed E-state index contributed by atoms with van der Waals surface area (Å²) in [7, 11) is 0. The molecule has 1 aromatic rings. The van der Waals surface area contributed by atoms with E-state index < -0.39 is 6.04 Å². The second kappa shape index (κ2) is 8.10. The Morgan fingerprint density at radius 3 is 2.56 bits per heavy atom. The van der Waals surface area contributed by atoms with Crippen molar-refractivity contribution in [2.45, 2.75) is 19.0 Å². The maximum absolute atomic E-state index is 11.4. The highest BCUT2D eigenvalue weighted by Gasteiger charge is 2.11. The van der Waals surface area contributed by atoms with Crippen molar-refractivity contribution in [3.63, 3.8) is 0 Å². The molecule has 0 bridgehead atoms. The number of aliphatic hydroxyl groups is 1. The van der Waals surface area contributed by atoms with Crippen molar-refractivity contribution in [1.82, 2.24) is 5.32 Å². The van der Waals surface area contributed by atoms with Crippen molar-refractivity contribution >= 4 is 18.3 Å². The normalized spacial score (nSPS) is 11.4. The van der Waals surface area contributed by atoms with E-state index in [1.165, 1.54) is 0 Å². The number of aliphatic hydroxyl groups excluding tert-OH is 1. The van der Waals surface area contributed by atoms with Crippen LogP contribution in [0.2, 0.25) is 0 Å². The van der Waals surface area contributed by atoms with Crippen LogP contribution >= 0.6 is 12.4 Å². The van der Waals surface area contributed by atoms with Crippen LogP contribution in [0.5, 0.6) is 0 Å². The van der Waals surface area contributed by atoms with Crippen LogP contribution in [-0.4, -0.2) is 23.7 Å². The molecule has 4 N–H and O–H groups in total. The van der Waals surface area contributed by atoms with Gasteiger partial charge in [-0.1, -0.05) is 30.3 Å². The Bertz CT molecular complexity index is 306. The minimum absolute atomic E-state index is 0. The van der Waals surface area contributed by atoms with Gasteiger partial charge in [0, 0.05) is 13.2 Å². The van der Waals surface area contributed by atoms with Crippen LogP contribution in [0.1, 0.15) is 12.0 Å². The van der Waals surface area contributed by atoms with Gasteiger partial charge in [-0.3, -0.25) is 4.79 Å². The maximum Gasteiger partial charge on any atom is 0.237 e. The molecule has 1 aromatic carbocycles. The third-order valence-electron chi connectivity index (χ3n) is 2.09. The van der Waals surface area contributed by atoms with Gasteiger partial charge in [0.05, 0.1) is 6.04 Å². The molecule has 0 fully saturated rings. The highest BCUT2D eigenvalue weighted by molar-refractivity contribution is 5.85. The summed E-state index contributed by atoms with van der Waals surface area (Å²) >= 11 is 0. The standard InChI is InChI=1S/C11H16N2O2.ClH/c12-10(6-7-14)11(15)13-8-9-4-2-1-3-5-9;/h1-5,10,14H,6-8,12H2,(H,13,15);1H/t10-;/m0./s1. The fourth-order valence-corrected chi connectivity index (χ4v) is 1.19. The number of rotatable bonds is 5. The van der Waals surface area contributed by atoms with E-state index in [9.17, 15) is 4.79 Å². The van der Waals surface area contributed by atoms with Crippen molar-refractivity contribution in [3.05, 3.63) is 35.9 Å². The lowest BCUT2D eigenvalue weighted by Gasteiger charge is -2.10. The molecule has 90 valence electrons.